The maximum absolute atomic E-state index is 16.4. The molecular weight excluding hydrogens is 1460 g/mol. The van der Waals surface area contributed by atoms with Gasteiger partial charge in [0.2, 0.25) is 59.3 Å². The fourth-order valence-electron chi connectivity index (χ4n) is 20.6. The van der Waals surface area contributed by atoms with Crippen molar-refractivity contribution in [3.63, 3.8) is 0 Å². The number of aliphatic hydroxyl groups excluding tert-OH is 9. The van der Waals surface area contributed by atoms with Crippen molar-refractivity contribution in [2.75, 3.05) is 26.7 Å². The molecule has 1 aromatic carbocycles. The first-order valence-electron chi connectivity index (χ1n) is 40.0. The summed E-state index contributed by atoms with van der Waals surface area (Å²) in [5, 5.41) is 132. The lowest BCUT2D eigenvalue weighted by Gasteiger charge is -2.55. The normalized spacial score (nSPS) is 42.0. The van der Waals surface area contributed by atoms with E-state index in [9.17, 15) is 55.5 Å². The van der Waals surface area contributed by atoms with Crippen molar-refractivity contribution < 1.29 is 103 Å². The van der Waals surface area contributed by atoms with Crippen molar-refractivity contribution >= 4 is 70.5 Å². The van der Waals surface area contributed by atoms with Gasteiger partial charge in [0, 0.05) is 18.5 Å². The number of carbonyl (C=O) groups is 8. The fourth-order valence-corrected chi connectivity index (χ4v) is 21.4. The van der Waals surface area contributed by atoms with E-state index in [0.29, 0.717) is 18.4 Å². The van der Waals surface area contributed by atoms with Gasteiger partial charge in [0.05, 0.1) is 60.3 Å². The standard InChI is InChI=1S/C76H116Cl2N10O21/c1-5-6-7-8-15-81-29-42-48(91)27-41-55(64(42)95)40-22-34(9-12-47(40)90)57-71(101)88-61(75(105)86-59(41)73(103)83-56-37-18-32-17-33(20-37)21-38(56)19-32)63(94)36-11-14-50(44(78)24-36)107-52-26-39-25-51(68(52)109-76-67(98)66(97)65(96)53(30-89)108-76)106-49-13-10-35(23-43(49)77)62(93)60(87-69(99)45(80-4)16-31(2)3)74(104)82-46(28-54(79)92)70(100)84-58(39)72(102)85-57/h25-26,31-38,40-50,53,55-67,76,80-81,89-91,93-98H,5-24,27-30H2,1-4H3,(H2,79,92)(H,82,104)(H,83,103)(H,84,100)(H,85,102)(H,86,105)(H,87,99)(H,88,101)/t32?,33?,34-,35-,36-,37?,38?,40?,41?,42?,43+,44-,45+,46-,47+,48-,49+,50+,53+,55?,56?,57+,58+,59-,60+,61-,62+,63+,64?,65+,66-,67+,76-/m0/s1. The molecule has 8 amide bonds. The molecule has 0 spiro atoms. The quantitative estimate of drug-likeness (QED) is 0.0577. The first-order valence-corrected chi connectivity index (χ1v) is 40.9. The van der Waals surface area contributed by atoms with Crippen LogP contribution >= 0.6 is 23.2 Å². The van der Waals surface area contributed by atoms with Gasteiger partial charge in [-0.3, -0.25) is 38.4 Å². The molecule has 8 saturated carbocycles. The number of unbranched alkanes of at least 4 members (excludes halogenated alkanes) is 3. The van der Waals surface area contributed by atoms with Gasteiger partial charge in [-0.1, -0.05) is 40.0 Å². The Bertz CT molecular complexity index is 3370. The number of likely N-dealkylation sites (N-methyl/N-ethyl adjacent to an activating group) is 1. The average molecular weight is 1580 g/mol. The number of nitrogens with one attached hydrogen (secondary N) is 9. The number of aliphatic hydroxyl groups is 9. The smallest absolute Gasteiger partial charge is 0.247 e. The van der Waals surface area contributed by atoms with Crippen LogP contribution in [-0.4, -0.2) is 246 Å². The molecule has 10 fully saturated rings. The van der Waals surface area contributed by atoms with Crippen molar-refractivity contribution in [3.05, 3.63) is 17.7 Å². The predicted octanol–water partition coefficient (Wildman–Crippen LogP) is -1.11. The summed E-state index contributed by atoms with van der Waals surface area (Å²) in [6.07, 6.45) is -11.5. The highest BCUT2D eigenvalue weighted by Crippen LogP contribution is 2.55. The molecule has 109 heavy (non-hydrogen) atoms. The third kappa shape index (κ3) is 18.3. The monoisotopic (exact) mass is 1570 g/mol. The molecular formula is C76H116Cl2N10O21. The molecule has 5 unspecified atom stereocenters. The minimum Gasteiger partial charge on any atom is -0.485 e. The van der Waals surface area contributed by atoms with Crippen LogP contribution in [0.2, 0.25) is 0 Å². The minimum atomic E-state index is -2.12. The molecule has 28 atom stereocenters. The summed E-state index contributed by atoms with van der Waals surface area (Å²) in [7, 11) is 1.54. The van der Waals surface area contributed by atoms with Gasteiger partial charge >= 0.3 is 0 Å². The Morgan fingerprint density at radius 1 is 0.624 bits per heavy atom. The number of rotatable bonds is 19. The van der Waals surface area contributed by atoms with Crippen LogP contribution in [0.15, 0.2) is 12.1 Å². The zero-order chi connectivity index (χ0) is 78.1. The Morgan fingerprint density at radius 2 is 1.25 bits per heavy atom. The highest BCUT2D eigenvalue weighted by atomic mass is 35.5. The van der Waals surface area contributed by atoms with E-state index in [-0.39, 0.29) is 118 Å². The van der Waals surface area contributed by atoms with E-state index in [1.165, 1.54) is 12.1 Å². The lowest BCUT2D eigenvalue weighted by molar-refractivity contribution is -0.278. The van der Waals surface area contributed by atoms with Crippen molar-refractivity contribution in [3.8, 4) is 17.2 Å². The number of halogens is 2. The zero-order valence-electron chi connectivity index (χ0n) is 62.5. The Morgan fingerprint density at radius 3 is 1.85 bits per heavy atom. The molecule has 15 bridgehead atoms. The summed E-state index contributed by atoms with van der Waals surface area (Å²) in [6.45, 7) is 5.68. The van der Waals surface area contributed by atoms with Crippen LogP contribution in [0.25, 0.3) is 0 Å². The van der Waals surface area contributed by atoms with Crippen LogP contribution in [0.5, 0.6) is 17.2 Å². The molecule has 14 aliphatic rings. The van der Waals surface area contributed by atoms with Gasteiger partial charge in [-0.15, -0.1) is 23.2 Å². The molecule has 8 aliphatic carbocycles. The van der Waals surface area contributed by atoms with Gasteiger partial charge in [0.15, 0.2) is 11.5 Å². The molecule has 33 heteroatoms. The Balaban J connectivity index is 0.996. The van der Waals surface area contributed by atoms with E-state index >= 15 is 28.8 Å². The molecule has 0 radical (unpaired) electrons. The van der Waals surface area contributed by atoms with Gasteiger partial charge < -0.3 is 118 Å². The highest BCUT2D eigenvalue weighted by molar-refractivity contribution is 6.21. The van der Waals surface area contributed by atoms with Gasteiger partial charge in [-0.2, -0.15) is 0 Å². The van der Waals surface area contributed by atoms with Crippen molar-refractivity contribution in [2.45, 2.75) is 288 Å². The van der Waals surface area contributed by atoms with Crippen LogP contribution in [0.3, 0.4) is 0 Å². The Labute approximate surface area is 645 Å². The SMILES string of the molecule is CCCCCCNCC1C(O)C2C3C[C@H](CC[C@H]3O)[C@H]3NC(=O)[C@@H]4NC(=O)[C@H](CC(N)=O)NC(=O)[C@H](NC(=O)[C@@H](CC(C)C)NC)[C@H](O)[C@H]5CC[C@@H](Oc6cc4cc(c6O[C@@H]4O[C@H](CO)[C@@H](O)[C@H](O)[C@H]4O)O[C@@H]4CC[C@@H](C[C@@H]4Cl)[C@@H](O)[C@H](NC3=O)C(=O)N[C@H](C(=O)NC3C4CC6CC(C4)CC3C6)C2C[C@@H]1O)[C@H](Cl)C5. The molecule has 610 valence electrons. The molecule has 0 aromatic heterocycles. The minimum absolute atomic E-state index is 0.00421. The zero-order valence-corrected chi connectivity index (χ0v) is 64.0. The number of fused-ring (bicyclic) bond motifs is 15. The number of nitrogens with two attached hydrogens (primary N) is 1. The molecule has 6 aliphatic heterocycles. The summed E-state index contributed by atoms with van der Waals surface area (Å²) in [4.78, 5) is 122. The second-order valence-corrected chi connectivity index (χ2v) is 35.1. The molecule has 6 heterocycles. The summed E-state index contributed by atoms with van der Waals surface area (Å²) in [5.41, 5.74) is 5.61. The third-order valence-electron chi connectivity index (χ3n) is 26.2. The van der Waals surface area contributed by atoms with E-state index in [4.69, 9.17) is 47.9 Å². The number of amides is 8. The van der Waals surface area contributed by atoms with Crippen molar-refractivity contribution in [1.29, 1.82) is 0 Å². The molecule has 31 nitrogen and oxygen atoms in total. The second-order valence-electron chi connectivity index (χ2n) is 34.0. The lowest BCUT2D eigenvalue weighted by atomic mass is 9.54. The first kappa shape index (κ1) is 82.9. The van der Waals surface area contributed by atoms with Gasteiger partial charge in [0.1, 0.15) is 72.9 Å². The predicted molar refractivity (Wildman–Crippen MR) is 392 cm³/mol. The number of hydrogen-bond donors (Lipinski definition) is 19. The summed E-state index contributed by atoms with van der Waals surface area (Å²) in [5.74, 6) is -14.7. The molecule has 20 N–H and O–H groups in total. The maximum atomic E-state index is 16.4. The van der Waals surface area contributed by atoms with E-state index in [1.807, 2.05) is 13.8 Å². The molecule has 2 saturated heterocycles. The van der Waals surface area contributed by atoms with Crippen LogP contribution in [0.4, 0.5) is 0 Å². The lowest BCUT2D eigenvalue weighted by Crippen LogP contribution is -2.68. The number of primary amides is 1. The van der Waals surface area contributed by atoms with Gasteiger partial charge in [-0.25, -0.2) is 0 Å². The van der Waals surface area contributed by atoms with E-state index in [2.05, 4.69) is 54.8 Å². The van der Waals surface area contributed by atoms with Crippen LogP contribution in [0, 0.1) is 71.0 Å². The van der Waals surface area contributed by atoms with Crippen LogP contribution in [-0.2, 0) is 43.1 Å². The van der Waals surface area contributed by atoms with Crippen molar-refractivity contribution in [2.24, 2.45) is 76.7 Å². The Kier molecular flexibility index (Phi) is 27.3. The maximum Gasteiger partial charge on any atom is 0.247 e. The van der Waals surface area contributed by atoms with Crippen LogP contribution < -0.4 is 67.8 Å². The Hall–Kier alpha value is -5.52. The largest absolute Gasteiger partial charge is 0.485 e. The first-order chi connectivity index (χ1) is 52.0. The number of ether oxygens (including phenoxy) is 4. The fraction of sp³-hybridized carbons (Fsp3) is 0.816. The molecule has 1 aromatic rings. The summed E-state index contributed by atoms with van der Waals surface area (Å²) < 4.78 is 26.2. The van der Waals surface area contributed by atoms with E-state index in [1.54, 1.807) is 7.05 Å². The number of hydrogen-bond acceptors (Lipinski definition) is 23. The van der Waals surface area contributed by atoms with Gasteiger partial charge in [0.25, 0.3) is 0 Å². The number of carbonyl (C=O) groups excluding carboxylic acids is 8. The van der Waals surface area contributed by atoms with E-state index < -0.39 is 234 Å². The van der Waals surface area contributed by atoms with Crippen molar-refractivity contribution in [1.82, 2.24) is 47.9 Å². The summed E-state index contributed by atoms with van der Waals surface area (Å²) >= 11 is 14.8. The molecule has 15 rings (SSSR count). The van der Waals surface area contributed by atoms with Gasteiger partial charge in [-0.05, 0) is 206 Å². The second kappa shape index (κ2) is 35.9. The van der Waals surface area contributed by atoms with E-state index in [0.717, 1.165) is 57.8 Å². The highest BCUT2D eigenvalue weighted by Gasteiger charge is 2.58. The van der Waals surface area contributed by atoms with Crippen LogP contribution in [0.1, 0.15) is 167 Å². The topological polar surface area (TPSA) is 490 Å². The third-order valence-corrected chi connectivity index (χ3v) is 27.1. The average Bonchev–Trinajstić information content (AvgIpc) is 0.755. The number of benzene rings is 1. The number of alkyl halides is 2. The summed E-state index contributed by atoms with van der Waals surface area (Å²) in [6, 6.07) is -9.83.